The molecule has 0 atom stereocenters. The second-order valence-corrected chi connectivity index (χ2v) is 5.88. The van der Waals surface area contributed by atoms with Crippen molar-refractivity contribution in [3.63, 3.8) is 0 Å². The van der Waals surface area contributed by atoms with Gasteiger partial charge >= 0.3 is 0 Å². The highest BCUT2D eigenvalue weighted by Gasteiger charge is 2.23. The van der Waals surface area contributed by atoms with E-state index >= 15 is 0 Å². The van der Waals surface area contributed by atoms with Crippen LogP contribution in [0, 0.1) is 5.41 Å². The van der Waals surface area contributed by atoms with E-state index < -0.39 is 0 Å². The molecule has 1 aliphatic heterocycles. The van der Waals surface area contributed by atoms with E-state index in [4.69, 9.17) is 5.73 Å². The van der Waals surface area contributed by atoms with Crippen LogP contribution < -0.4 is 10.6 Å². The monoisotopic (exact) mass is 232 g/mol. The summed E-state index contributed by atoms with van der Waals surface area (Å²) in [6, 6.07) is 8.66. The van der Waals surface area contributed by atoms with Gasteiger partial charge in [-0.15, -0.1) is 0 Å². The summed E-state index contributed by atoms with van der Waals surface area (Å²) in [4.78, 5) is 2.51. The van der Waals surface area contributed by atoms with Gasteiger partial charge in [0, 0.05) is 25.3 Å². The molecule has 1 fully saturated rings. The Labute approximate surface area is 105 Å². The van der Waals surface area contributed by atoms with E-state index in [9.17, 15) is 0 Å². The zero-order valence-electron chi connectivity index (χ0n) is 11.1. The summed E-state index contributed by atoms with van der Waals surface area (Å²) in [5, 5.41) is 0. The molecule has 0 aromatic heterocycles. The number of hydrogen-bond donors (Lipinski definition) is 1. The van der Waals surface area contributed by atoms with Gasteiger partial charge in [0.1, 0.15) is 0 Å². The average Bonchev–Trinajstić information content (AvgIpc) is 2.50. The molecule has 1 aliphatic rings. The standard InChI is InChI=1S/C15H24N2/c1-15(2)7-4-9-17(10-8-15)14-6-3-5-13(11-14)12-16/h3,5-6,11H,4,7-10,12,16H2,1-2H3. The Morgan fingerprint density at radius 2 is 2.06 bits per heavy atom. The van der Waals surface area contributed by atoms with Gasteiger partial charge in [0.15, 0.2) is 0 Å². The van der Waals surface area contributed by atoms with Crippen LogP contribution in [0.1, 0.15) is 38.7 Å². The largest absolute Gasteiger partial charge is 0.372 e. The van der Waals surface area contributed by atoms with E-state index in [0.717, 1.165) is 0 Å². The van der Waals surface area contributed by atoms with E-state index in [1.54, 1.807) is 0 Å². The summed E-state index contributed by atoms with van der Waals surface area (Å²) < 4.78 is 0. The number of hydrogen-bond acceptors (Lipinski definition) is 2. The van der Waals surface area contributed by atoms with Gasteiger partial charge in [0.05, 0.1) is 0 Å². The van der Waals surface area contributed by atoms with Crippen molar-refractivity contribution in [3.8, 4) is 0 Å². The first kappa shape index (κ1) is 12.4. The number of nitrogens with two attached hydrogens (primary N) is 1. The van der Waals surface area contributed by atoms with Crippen molar-refractivity contribution >= 4 is 5.69 Å². The number of nitrogens with zero attached hydrogens (tertiary/aromatic N) is 1. The molecule has 2 nitrogen and oxygen atoms in total. The van der Waals surface area contributed by atoms with Crippen LogP contribution in [0.4, 0.5) is 5.69 Å². The van der Waals surface area contributed by atoms with E-state index in [-0.39, 0.29) is 0 Å². The normalized spacial score (nSPS) is 20.1. The lowest BCUT2D eigenvalue weighted by Crippen LogP contribution is -2.25. The molecule has 2 heteroatoms. The maximum atomic E-state index is 5.70. The molecule has 0 bridgehead atoms. The molecule has 1 aromatic carbocycles. The molecule has 0 spiro atoms. The van der Waals surface area contributed by atoms with Gasteiger partial charge in [0.2, 0.25) is 0 Å². The van der Waals surface area contributed by atoms with E-state index in [2.05, 4.69) is 43.0 Å². The molecule has 2 rings (SSSR count). The Morgan fingerprint density at radius 1 is 1.24 bits per heavy atom. The van der Waals surface area contributed by atoms with Crippen molar-refractivity contribution < 1.29 is 0 Å². The first-order valence-electron chi connectivity index (χ1n) is 6.65. The minimum Gasteiger partial charge on any atom is -0.372 e. The average molecular weight is 232 g/mol. The molecule has 0 radical (unpaired) electrons. The lowest BCUT2D eigenvalue weighted by Gasteiger charge is -2.25. The third-order valence-corrected chi connectivity index (χ3v) is 3.85. The maximum absolute atomic E-state index is 5.70. The predicted octanol–water partition coefficient (Wildman–Crippen LogP) is 3.16. The quantitative estimate of drug-likeness (QED) is 0.848. The Bertz CT molecular complexity index is 371. The third-order valence-electron chi connectivity index (χ3n) is 3.85. The number of anilines is 1. The highest BCUT2D eigenvalue weighted by Crippen LogP contribution is 2.31. The molecule has 1 aromatic rings. The highest BCUT2D eigenvalue weighted by atomic mass is 15.1. The van der Waals surface area contributed by atoms with Gasteiger partial charge in [-0.25, -0.2) is 0 Å². The highest BCUT2D eigenvalue weighted by molar-refractivity contribution is 5.48. The van der Waals surface area contributed by atoms with Crippen LogP contribution in [0.3, 0.4) is 0 Å². The zero-order chi connectivity index (χ0) is 12.3. The first-order valence-corrected chi connectivity index (χ1v) is 6.65. The van der Waals surface area contributed by atoms with Crippen LogP contribution in [0.25, 0.3) is 0 Å². The Kier molecular flexibility index (Phi) is 3.72. The fraction of sp³-hybridized carbons (Fsp3) is 0.600. The fourth-order valence-electron chi connectivity index (χ4n) is 2.56. The van der Waals surface area contributed by atoms with Crippen LogP contribution in [-0.2, 0) is 6.54 Å². The molecule has 17 heavy (non-hydrogen) atoms. The van der Waals surface area contributed by atoms with Crippen molar-refractivity contribution in [3.05, 3.63) is 29.8 Å². The Morgan fingerprint density at radius 3 is 2.82 bits per heavy atom. The Hall–Kier alpha value is -1.02. The van der Waals surface area contributed by atoms with Crippen molar-refractivity contribution in [1.29, 1.82) is 0 Å². The van der Waals surface area contributed by atoms with E-state index in [1.165, 1.54) is 43.6 Å². The molecule has 0 saturated carbocycles. The van der Waals surface area contributed by atoms with Crippen LogP contribution in [0.2, 0.25) is 0 Å². The second-order valence-electron chi connectivity index (χ2n) is 5.88. The first-order chi connectivity index (χ1) is 8.11. The van der Waals surface area contributed by atoms with Crippen LogP contribution in [-0.4, -0.2) is 13.1 Å². The summed E-state index contributed by atoms with van der Waals surface area (Å²) in [6.45, 7) is 7.74. The molecular weight excluding hydrogens is 208 g/mol. The summed E-state index contributed by atoms with van der Waals surface area (Å²) in [5.41, 5.74) is 8.77. The lowest BCUT2D eigenvalue weighted by molar-refractivity contribution is 0.325. The van der Waals surface area contributed by atoms with Gasteiger partial charge in [-0.2, -0.15) is 0 Å². The van der Waals surface area contributed by atoms with Crippen LogP contribution >= 0.6 is 0 Å². The van der Waals surface area contributed by atoms with Crippen molar-refractivity contribution in [2.75, 3.05) is 18.0 Å². The predicted molar refractivity (Wildman–Crippen MR) is 74.2 cm³/mol. The third kappa shape index (κ3) is 3.22. The molecule has 0 aliphatic carbocycles. The molecule has 1 heterocycles. The number of rotatable bonds is 2. The zero-order valence-corrected chi connectivity index (χ0v) is 11.1. The molecule has 0 amide bonds. The van der Waals surface area contributed by atoms with Gasteiger partial charge in [0.25, 0.3) is 0 Å². The van der Waals surface area contributed by atoms with Crippen LogP contribution in [0.5, 0.6) is 0 Å². The summed E-state index contributed by atoms with van der Waals surface area (Å²) >= 11 is 0. The Balaban J connectivity index is 2.11. The lowest BCUT2D eigenvalue weighted by atomic mass is 9.85. The minimum absolute atomic E-state index is 0.500. The fourth-order valence-corrected chi connectivity index (χ4v) is 2.56. The SMILES string of the molecule is CC1(C)CCCN(c2cccc(CN)c2)CC1. The van der Waals surface area contributed by atoms with Gasteiger partial charge in [-0.05, 0) is 42.4 Å². The summed E-state index contributed by atoms with van der Waals surface area (Å²) in [7, 11) is 0. The van der Waals surface area contributed by atoms with Gasteiger partial charge < -0.3 is 10.6 Å². The smallest absolute Gasteiger partial charge is 0.0369 e. The summed E-state index contributed by atoms with van der Waals surface area (Å²) in [6.07, 6.45) is 3.90. The molecule has 0 unspecified atom stereocenters. The van der Waals surface area contributed by atoms with Crippen molar-refractivity contribution in [2.45, 2.75) is 39.7 Å². The van der Waals surface area contributed by atoms with E-state index in [0.29, 0.717) is 12.0 Å². The van der Waals surface area contributed by atoms with Crippen LogP contribution in [0.15, 0.2) is 24.3 Å². The van der Waals surface area contributed by atoms with E-state index in [1.807, 2.05) is 0 Å². The molecule has 2 N–H and O–H groups in total. The van der Waals surface area contributed by atoms with Gasteiger partial charge in [-0.3, -0.25) is 0 Å². The minimum atomic E-state index is 0.500. The topological polar surface area (TPSA) is 29.3 Å². The van der Waals surface area contributed by atoms with Crippen molar-refractivity contribution in [2.24, 2.45) is 11.1 Å². The molecule has 94 valence electrons. The number of benzene rings is 1. The molecule has 1 saturated heterocycles. The van der Waals surface area contributed by atoms with Gasteiger partial charge in [-0.1, -0.05) is 26.0 Å². The summed E-state index contributed by atoms with van der Waals surface area (Å²) in [5.74, 6) is 0. The maximum Gasteiger partial charge on any atom is 0.0369 e. The second kappa shape index (κ2) is 5.09. The van der Waals surface area contributed by atoms with Crippen molar-refractivity contribution in [1.82, 2.24) is 0 Å². The molecular formula is C15H24N2.